The minimum absolute atomic E-state index is 0.301. The zero-order chi connectivity index (χ0) is 11.0. The Labute approximate surface area is 89.1 Å². The van der Waals surface area contributed by atoms with Gasteiger partial charge in [-0.3, -0.25) is 0 Å². The van der Waals surface area contributed by atoms with E-state index in [1.165, 1.54) is 0 Å². The van der Waals surface area contributed by atoms with Crippen molar-refractivity contribution in [2.24, 2.45) is 0 Å². The van der Waals surface area contributed by atoms with Gasteiger partial charge < -0.3 is 9.16 Å². The first-order valence-corrected chi connectivity index (χ1v) is 8.48. The van der Waals surface area contributed by atoms with Crippen molar-refractivity contribution in [1.29, 1.82) is 0 Å². The van der Waals surface area contributed by atoms with Crippen LogP contribution >= 0.6 is 0 Å². The molecule has 0 aromatic heterocycles. The third-order valence-electron chi connectivity index (χ3n) is 3.43. The van der Waals surface area contributed by atoms with E-state index >= 15 is 0 Å². The van der Waals surface area contributed by atoms with Crippen LogP contribution in [0.5, 0.6) is 0 Å². The van der Waals surface area contributed by atoms with E-state index in [1.54, 1.807) is 0 Å². The molecule has 2 nitrogen and oxygen atoms in total. The summed E-state index contributed by atoms with van der Waals surface area (Å²) in [5.74, 6) is 0. The number of hydrogen-bond donors (Lipinski definition) is 0. The Kier molecular flexibility index (Phi) is 3.44. The molecular formula is C11H24O2Si. The van der Waals surface area contributed by atoms with Crippen molar-refractivity contribution in [2.45, 2.75) is 64.5 Å². The minimum Gasteiger partial charge on any atom is -0.411 e. The Hall–Kier alpha value is 0.137. The molecule has 0 aromatic rings. The fourth-order valence-corrected chi connectivity index (χ4v) is 2.68. The molecule has 0 N–H and O–H groups in total. The predicted molar refractivity (Wildman–Crippen MR) is 62.1 cm³/mol. The summed E-state index contributed by atoms with van der Waals surface area (Å²) in [6.07, 6.45) is 1.78. The molecule has 0 spiro atoms. The normalized spacial score (nSPS) is 24.9. The molecule has 1 saturated heterocycles. The molecule has 0 aromatic carbocycles. The molecule has 3 heteroatoms. The molecule has 1 rings (SSSR count). The lowest BCUT2D eigenvalue weighted by Gasteiger charge is -2.38. The van der Waals surface area contributed by atoms with Gasteiger partial charge in [0.25, 0.3) is 0 Å². The van der Waals surface area contributed by atoms with E-state index in [4.69, 9.17) is 9.16 Å². The predicted octanol–water partition coefficient (Wildman–Crippen LogP) is 3.19. The lowest BCUT2D eigenvalue weighted by Crippen LogP contribution is -2.45. The number of rotatable bonds is 4. The third kappa shape index (κ3) is 2.81. The molecule has 0 radical (unpaired) electrons. The van der Waals surface area contributed by atoms with E-state index in [9.17, 15) is 0 Å². The van der Waals surface area contributed by atoms with Crippen molar-refractivity contribution in [3.63, 3.8) is 0 Å². The van der Waals surface area contributed by atoms with Gasteiger partial charge in [0.1, 0.15) is 6.10 Å². The summed E-state index contributed by atoms with van der Waals surface area (Å²) < 4.78 is 11.6. The van der Waals surface area contributed by atoms with Gasteiger partial charge in [-0.2, -0.15) is 0 Å². The first-order chi connectivity index (χ1) is 6.28. The summed E-state index contributed by atoms with van der Waals surface area (Å²) in [5, 5.41) is 0.301. The summed E-state index contributed by atoms with van der Waals surface area (Å²) in [4.78, 5) is 0. The highest BCUT2D eigenvalue weighted by Gasteiger charge is 2.42. The van der Waals surface area contributed by atoms with Gasteiger partial charge in [-0.1, -0.05) is 27.7 Å². The smallest absolute Gasteiger partial charge is 0.192 e. The molecule has 1 fully saturated rings. The molecule has 1 heterocycles. The van der Waals surface area contributed by atoms with Gasteiger partial charge in [0.05, 0.1) is 12.7 Å². The quantitative estimate of drug-likeness (QED) is 0.532. The third-order valence-corrected chi connectivity index (χ3v) is 7.93. The number of epoxide rings is 1. The van der Waals surface area contributed by atoms with Gasteiger partial charge in [0, 0.05) is 0 Å². The van der Waals surface area contributed by atoms with Crippen LogP contribution in [-0.2, 0) is 9.16 Å². The Balaban J connectivity index is 2.55. The zero-order valence-corrected chi connectivity index (χ0v) is 11.4. The fourth-order valence-electron chi connectivity index (χ4n) is 1.25. The van der Waals surface area contributed by atoms with E-state index in [2.05, 4.69) is 40.8 Å². The van der Waals surface area contributed by atoms with Gasteiger partial charge in [-0.05, 0) is 24.6 Å². The van der Waals surface area contributed by atoms with Crippen LogP contribution in [0.4, 0.5) is 0 Å². The Morgan fingerprint density at radius 1 is 1.43 bits per heavy atom. The second-order valence-electron chi connectivity index (χ2n) is 5.70. The standard InChI is InChI=1S/C11H24O2Si/c1-7-9(10-8-12-10)13-14(5,6)11(2,3)4/h9-10H,7-8H2,1-6H3/t9-,10?/m0/s1. The monoisotopic (exact) mass is 216 g/mol. The summed E-state index contributed by atoms with van der Waals surface area (Å²) in [6, 6.07) is 0. The molecule has 0 aliphatic carbocycles. The summed E-state index contributed by atoms with van der Waals surface area (Å²) >= 11 is 0. The van der Waals surface area contributed by atoms with Crippen LogP contribution in [-0.4, -0.2) is 27.1 Å². The second-order valence-corrected chi connectivity index (χ2v) is 10.5. The highest BCUT2D eigenvalue weighted by Crippen LogP contribution is 2.38. The molecule has 1 aliphatic heterocycles. The molecule has 1 unspecified atom stereocenters. The molecule has 0 amide bonds. The molecule has 2 atom stereocenters. The summed E-state index contributed by atoms with van der Waals surface area (Å²) in [5.41, 5.74) is 0. The van der Waals surface area contributed by atoms with Crippen molar-refractivity contribution in [3.05, 3.63) is 0 Å². The maximum Gasteiger partial charge on any atom is 0.192 e. The van der Waals surface area contributed by atoms with Gasteiger partial charge in [0.15, 0.2) is 8.32 Å². The highest BCUT2D eigenvalue weighted by atomic mass is 28.4. The molecule has 0 saturated carbocycles. The first-order valence-electron chi connectivity index (χ1n) is 5.57. The van der Waals surface area contributed by atoms with Crippen LogP contribution in [0.25, 0.3) is 0 Å². The minimum atomic E-state index is -1.59. The fraction of sp³-hybridized carbons (Fsp3) is 1.00. The van der Waals surface area contributed by atoms with Gasteiger partial charge >= 0.3 is 0 Å². The molecule has 0 bridgehead atoms. The zero-order valence-electron chi connectivity index (χ0n) is 10.4. The summed E-state index contributed by atoms with van der Waals surface area (Å²) in [6.45, 7) is 14.5. The lowest BCUT2D eigenvalue weighted by molar-refractivity contribution is 0.139. The first kappa shape index (κ1) is 12.2. The van der Waals surface area contributed by atoms with Crippen molar-refractivity contribution in [2.75, 3.05) is 6.61 Å². The van der Waals surface area contributed by atoms with Crippen LogP contribution in [0.2, 0.25) is 18.1 Å². The number of hydrogen-bond acceptors (Lipinski definition) is 2. The van der Waals surface area contributed by atoms with E-state index < -0.39 is 8.32 Å². The highest BCUT2D eigenvalue weighted by molar-refractivity contribution is 6.74. The van der Waals surface area contributed by atoms with Crippen LogP contribution in [0, 0.1) is 0 Å². The Morgan fingerprint density at radius 2 is 1.93 bits per heavy atom. The van der Waals surface area contributed by atoms with E-state index in [0.717, 1.165) is 13.0 Å². The topological polar surface area (TPSA) is 21.8 Å². The lowest BCUT2D eigenvalue weighted by atomic mass is 10.2. The second kappa shape index (κ2) is 3.95. The maximum atomic E-state index is 6.29. The van der Waals surface area contributed by atoms with Crippen LogP contribution < -0.4 is 0 Å². The van der Waals surface area contributed by atoms with Gasteiger partial charge in [0.2, 0.25) is 0 Å². The van der Waals surface area contributed by atoms with Gasteiger partial charge in [-0.25, -0.2) is 0 Å². The van der Waals surface area contributed by atoms with Crippen LogP contribution in [0.3, 0.4) is 0 Å². The van der Waals surface area contributed by atoms with Crippen molar-refractivity contribution in [1.82, 2.24) is 0 Å². The Bertz CT molecular complexity index is 192. The molecule has 1 aliphatic rings. The van der Waals surface area contributed by atoms with Crippen molar-refractivity contribution >= 4 is 8.32 Å². The van der Waals surface area contributed by atoms with Crippen LogP contribution in [0.1, 0.15) is 34.1 Å². The van der Waals surface area contributed by atoms with E-state index in [-0.39, 0.29) is 0 Å². The van der Waals surface area contributed by atoms with Gasteiger partial charge in [-0.15, -0.1) is 0 Å². The molecule has 14 heavy (non-hydrogen) atoms. The van der Waals surface area contributed by atoms with Crippen molar-refractivity contribution < 1.29 is 9.16 Å². The van der Waals surface area contributed by atoms with Crippen LogP contribution in [0.15, 0.2) is 0 Å². The number of ether oxygens (including phenoxy) is 1. The molecule has 84 valence electrons. The van der Waals surface area contributed by atoms with E-state index in [1.807, 2.05) is 0 Å². The Morgan fingerprint density at radius 3 is 2.21 bits per heavy atom. The SMILES string of the molecule is CC[C@H](O[Si](C)(C)C(C)(C)C)C1CO1. The van der Waals surface area contributed by atoms with Crippen molar-refractivity contribution in [3.8, 4) is 0 Å². The van der Waals surface area contributed by atoms with E-state index in [0.29, 0.717) is 17.2 Å². The maximum absolute atomic E-state index is 6.29. The average Bonchev–Trinajstić information content (AvgIpc) is 2.80. The summed E-state index contributed by atoms with van der Waals surface area (Å²) in [7, 11) is -1.59. The molecular weight excluding hydrogens is 192 g/mol. The average molecular weight is 216 g/mol. The largest absolute Gasteiger partial charge is 0.411 e.